The number of ether oxygens (including phenoxy) is 2. The molecule has 1 N–H and O–H groups in total. The smallest absolute Gasteiger partial charge is 0.311 e. The van der Waals surface area contributed by atoms with Gasteiger partial charge in [0.05, 0.1) is 17.6 Å². The number of amides is 1. The molecule has 0 aromatic heterocycles. The van der Waals surface area contributed by atoms with Crippen molar-refractivity contribution in [1.29, 1.82) is 0 Å². The minimum Gasteiger partial charge on any atom is -0.465 e. The Bertz CT molecular complexity index is 408. The van der Waals surface area contributed by atoms with E-state index in [-0.39, 0.29) is 11.9 Å². The summed E-state index contributed by atoms with van der Waals surface area (Å²) >= 11 is 0. The molecule has 0 unspecified atom stereocenters. The second-order valence-electron chi connectivity index (χ2n) is 8.63. The van der Waals surface area contributed by atoms with E-state index < -0.39 is 16.4 Å². The lowest BCUT2D eigenvalue weighted by atomic mass is 9.88. The molecule has 0 fully saturated rings. The van der Waals surface area contributed by atoms with Crippen molar-refractivity contribution in [2.45, 2.75) is 80.3 Å². The zero-order chi connectivity index (χ0) is 19.0. The lowest BCUT2D eigenvalue weighted by Crippen LogP contribution is -2.39. The summed E-state index contributed by atoms with van der Waals surface area (Å²) in [6, 6.07) is 0. The van der Waals surface area contributed by atoms with Gasteiger partial charge in [-0.3, -0.25) is 9.59 Å². The molecule has 0 rings (SSSR count). The first-order valence-electron chi connectivity index (χ1n) is 8.91. The highest BCUT2D eigenvalue weighted by Gasteiger charge is 2.29. The molecule has 0 atom stereocenters. The molecule has 0 aliphatic carbocycles. The first-order valence-corrected chi connectivity index (χ1v) is 8.91. The Morgan fingerprint density at radius 1 is 0.917 bits per heavy atom. The van der Waals surface area contributed by atoms with E-state index >= 15 is 0 Å². The van der Waals surface area contributed by atoms with Crippen LogP contribution in [0.15, 0.2) is 0 Å². The molecule has 0 aromatic rings. The van der Waals surface area contributed by atoms with E-state index in [4.69, 9.17) is 9.47 Å². The summed E-state index contributed by atoms with van der Waals surface area (Å²) in [5, 5.41) is 2.93. The topological polar surface area (TPSA) is 64.6 Å². The third-order valence-corrected chi connectivity index (χ3v) is 3.92. The average Bonchev–Trinajstić information content (AvgIpc) is 2.42. The van der Waals surface area contributed by atoms with Gasteiger partial charge in [-0.1, -0.05) is 20.8 Å². The number of hydrogen-bond acceptors (Lipinski definition) is 4. The van der Waals surface area contributed by atoms with Crippen molar-refractivity contribution in [3.8, 4) is 0 Å². The fraction of sp³-hybridized carbons (Fsp3) is 0.895. The van der Waals surface area contributed by atoms with Crippen LogP contribution in [0.1, 0.15) is 74.7 Å². The Kier molecular flexibility index (Phi) is 8.97. The van der Waals surface area contributed by atoms with Crippen molar-refractivity contribution >= 4 is 11.9 Å². The molecule has 1 amide bonds. The van der Waals surface area contributed by atoms with Crippen LogP contribution < -0.4 is 5.32 Å². The van der Waals surface area contributed by atoms with Crippen molar-refractivity contribution < 1.29 is 19.1 Å². The summed E-state index contributed by atoms with van der Waals surface area (Å²) in [5.74, 6) is -0.142. The van der Waals surface area contributed by atoms with E-state index in [1.165, 1.54) is 0 Å². The van der Waals surface area contributed by atoms with Gasteiger partial charge >= 0.3 is 5.97 Å². The Hall–Kier alpha value is -1.10. The van der Waals surface area contributed by atoms with Crippen LogP contribution in [0.2, 0.25) is 0 Å². The molecule has 5 heteroatoms. The van der Waals surface area contributed by atoms with Crippen LogP contribution in [-0.4, -0.2) is 37.2 Å². The van der Waals surface area contributed by atoms with Crippen molar-refractivity contribution in [1.82, 2.24) is 5.32 Å². The molecule has 24 heavy (non-hydrogen) atoms. The molecule has 0 spiro atoms. The lowest BCUT2D eigenvalue weighted by Gasteiger charge is -2.29. The molecule has 0 aliphatic rings. The summed E-state index contributed by atoms with van der Waals surface area (Å²) < 4.78 is 11.2. The molecule has 0 radical (unpaired) electrons. The molecule has 0 saturated carbocycles. The first-order chi connectivity index (χ1) is 10.8. The molecule has 0 heterocycles. The van der Waals surface area contributed by atoms with Crippen LogP contribution in [0.4, 0.5) is 0 Å². The Balaban J connectivity index is 4.19. The predicted molar refractivity (Wildman–Crippen MR) is 96.8 cm³/mol. The number of hydrogen-bond donors (Lipinski definition) is 1. The number of rotatable bonds is 10. The van der Waals surface area contributed by atoms with Gasteiger partial charge in [0.1, 0.15) is 0 Å². The maximum Gasteiger partial charge on any atom is 0.311 e. The van der Waals surface area contributed by atoms with Gasteiger partial charge in [0, 0.05) is 25.0 Å². The molecule has 0 saturated heterocycles. The zero-order valence-corrected chi connectivity index (χ0v) is 16.9. The highest BCUT2D eigenvalue weighted by atomic mass is 16.5. The fourth-order valence-electron chi connectivity index (χ4n) is 1.85. The highest BCUT2D eigenvalue weighted by Crippen LogP contribution is 2.23. The van der Waals surface area contributed by atoms with Crippen LogP contribution in [-0.2, 0) is 19.1 Å². The predicted octanol–water partition coefficient (Wildman–Crippen LogP) is 3.70. The van der Waals surface area contributed by atoms with Crippen molar-refractivity contribution in [2.75, 3.05) is 19.8 Å². The van der Waals surface area contributed by atoms with Crippen LogP contribution in [0.25, 0.3) is 0 Å². The number of esters is 1. The van der Waals surface area contributed by atoms with E-state index in [0.717, 1.165) is 6.42 Å². The largest absolute Gasteiger partial charge is 0.465 e. The highest BCUT2D eigenvalue weighted by molar-refractivity contribution is 5.81. The van der Waals surface area contributed by atoms with E-state index in [0.29, 0.717) is 32.6 Å². The third-order valence-electron chi connectivity index (χ3n) is 3.92. The monoisotopic (exact) mass is 343 g/mol. The van der Waals surface area contributed by atoms with Gasteiger partial charge in [0.15, 0.2) is 0 Å². The Morgan fingerprint density at radius 2 is 1.50 bits per heavy atom. The SMILES string of the molecule is CCCNC(=O)C(C)(C)CCOC(C)(C)CCOC(=O)C(C)(C)C. The van der Waals surface area contributed by atoms with E-state index in [1.54, 1.807) is 0 Å². The fourth-order valence-corrected chi connectivity index (χ4v) is 1.85. The minimum atomic E-state index is -0.485. The molecule has 0 aromatic carbocycles. The Labute approximate surface area is 147 Å². The van der Waals surface area contributed by atoms with Crippen LogP contribution in [0.3, 0.4) is 0 Å². The Morgan fingerprint density at radius 3 is 2.00 bits per heavy atom. The van der Waals surface area contributed by atoms with Gasteiger partial charge in [-0.2, -0.15) is 0 Å². The summed E-state index contributed by atoms with van der Waals surface area (Å²) in [4.78, 5) is 23.8. The van der Waals surface area contributed by atoms with Gasteiger partial charge in [-0.15, -0.1) is 0 Å². The molecule has 142 valence electrons. The summed E-state index contributed by atoms with van der Waals surface area (Å²) in [5.41, 5.74) is -1.33. The molecule has 5 nitrogen and oxygen atoms in total. The van der Waals surface area contributed by atoms with Gasteiger partial charge in [0.25, 0.3) is 0 Å². The maximum atomic E-state index is 12.1. The number of nitrogens with one attached hydrogen (secondary N) is 1. The first kappa shape index (κ1) is 22.9. The summed E-state index contributed by atoms with van der Waals surface area (Å²) in [6.45, 7) is 16.9. The van der Waals surface area contributed by atoms with Crippen molar-refractivity contribution in [3.05, 3.63) is 0 Å². The van der Waals surface area contributed by atoms with E-state index in [1.807, 2.05) is 55.4 Å². The average molecular weight is 344 g/mol. The normalized spacial score (nSPS) is 12.8. The molecule has 0 aliphatic heterocycles. The summed E-state index contributed by atoms with van der Waals surface area (Å²) in [6.07, 6.45) is 2.20. The van der Waals surface area contributed by atoms with Gasteiger partial charge in [-0.05, 0) is 47.5 Å². The van der Waals surface area contributed by atoms with Gasteiger partial charge in [-0.25, -0.2) is 0 Å². The molecule has 0 bridgehead atoms. The zero-order valence-electron chi connectivity index (χ0n) is 16.9. The van der Waals surface area contributed by atoms with Crippen LogP contribution >= 0.6 is 0 Å². The molecular formula is C19H37NO4. The third kappa shape index (κ3) is 9.26. The van der Waals surface area contributed by atoms with Crippen LogP contribution in [0, 0.1) is 10.8 Å². The quantitative estimate of drug-likeness (QED) is 0.614. The van der Waals surface area contributed by atoms with Crippen LogP contribution in [0.5, 0.6) is 0 Å². The standard InChI is InChI=1S/C19H37NO4/c1-9-12-20-15(21)18(5,6)10-14-24-19(7,8)11-13-23-16(22)17(2,3)4/h9-14H2,1-8H3,(H,20,21). The number of carbonyl (C=O) groups excluding carboxylic acids is 2. The van der Waals surface area contributed by atoms with Crippen molar-refractivity contribution in [3.63, 3.8) is 0 Å². The second kappa shape index (κ2) is 9.40. The number of carbonyl (C=O) groups is 2. The van der Waals surface area contributed by atoms with Gasteiger partial charge < -0.3 is 14.8 Å². The second-order valence-corrected chi connectivity index (χ2v) is 8.63. The van der Waals surface area contributed by atoms with E-state index in [2.05, 4.69) is 5.32 Å². The van der Waals surface area contributed by atoms with E-state index in [9.17, 15) is 9.59 Å². The lowest BCUT2D eigenvalue weighted by molar-refractivity contribution is -0.155. The maximum absolute atomic E-state index is 12.1. The van der Waals surface area contributed by atoms with Gasteiger partial charge in [0.2, 0.25) is 5.91 Å². The summed E-state index contributed by atoms with van der Waals surface area (Å²) in [7, 11) is 0. The molecular weight excluding hydrogens is 306 g/mol. The minimum absolute atomic E-state index is 0.0601. The van der Waals surface area contributed by atoms with Crippen molar-refractivity contribution in [2.24, 2.45) is 10.8 Å².